The third-order valence-electron chi connectivity index (χ3n) is 6.33. The van der Waals surface area contributed by atoms with Crippen LogP contribution in [-0.4, -0.2) is 50.8 Å². The van der Waals surface area contributed by atoms with Gasteiger partial charge in [-0.05, 0) is 69.5 Å². The Bertz CT molecular complexity index is 1360. The molecule has 0 fully saturated rings. The van der Waals surface area contributed by atoms with Gasteiger partial charge in [-0.1, -0.05) is 65.7 Å². The molecule has 38 heavy (non-hydrogen) atoms. The van der Waals surface area contributed by atoms with Gasteiger partial charge in [-0.3, -0.25) is 13.9 Å². The Morgan fingerprint density at radius 3 is 2.24 bits per heavy atom. The standard InChI is InChI=1S/C29H34ClN3O4S/c1-5-31-29(35)23(4)32(18-17-24-9-7-6-8-10-24)28(34)20-33(25-14-13-22(3)27(30)19-25)38(36,37)26-15-11-21(2)12-16-26/h6-16,19,23H,5,17-18,20H2,1-4H3,(H,31,35)/t23-/m0/s1. The van der Waals surface area contributed by atoms with Crippen LogP contribution in [0.5, 0.6) is 0 Å². The topological polar surface area (TPSA) is 86.8 Å². The Kier molecular flexibility index (Phi) is 9.94. The van der Waals surface area contributed by atoms with Crippen LogP contribution in [0.4, 0.5) is 5.69 Å². The maximum Gasteiger partial charge on any atom is 0.264 e. The Balaban J connectivity index is 2.00. The van der Waals surface area contributed by atoms with E-state index in [0.29, 0.717) is 18.0 Å². The molecule has 0 bridgehead atoms. The van der Waals surface area contributed by atoms with E-state index in [1.54, 1.807) is 38.1 Å². The van der Waals surface area contributed by atoms with Crippen LogP contribution >= 0.6 is 11.6 Å². The van der Waals surface area contributed by atoms with Gasteiger partial charge in [0.2, 0.25) is 11.8 Å². The number of amides is 2. The Hall–Kier alpha value is -3.36. The van der Waals surface area contributed by atoms with Gasteiger partial charge in [0.25, 0.3) is 10.0 Å². The normalized spacial score (nSPS) is 12.0. The van der Waals surface area contributed by atoms with Crippen LogP contribution in [0.2, 0.25) is 5.02 Å². The van der Waals surface area contributed by atoms with Crippen molar-refractivity contribution in [2.24, 2.45) is 0 Å². The number of likely N-dealkylation sites (N-methyl/N-ethyl adjacent to an activating group) is 1. The maximum absolute atomic E-state index is 13.8. The minimum absolute atomic E-state index is 0.0557. The summed E-state index contributed by atoms with van der Waals surface area (Å²) in [5, 5.41) is 3.14. The van der Waals surface area contributed by atoms with Crippen molar-refractivity contribution in [3.63, 3.8) is 0 Å². The van der Waals surface area contributed by atoms with Gasteiger partial charge < -0.3 is 10.2 Å². The zero-order chi connectivity index (χ0) is 27.9. The maximum atomic E-state index is 13.8. The molecule has 2 amide bonds. The average Bonchev–Trinajstić information content (AvgIpc) is 2.90. The van der Waals surface area contributed by atoms with Crippen molar-refractivity contribution in [3.05, 3.63) is 94.5 Å². The SMILES string of the molecule is CCNC(=O)[C@H](C)N(CCc1ccccc1)C(=O)CN(c1ccc(C)c(Cl)c1)S(=O)(=O)c1ccc(C)cc1. The van der Waals surface area contributed by atoms with E-state index in [9.17, 15) is 18.0 Å². The molecular formula is C29H34ClN3O4S. The van der Waals surface area contributed by atoms with Gasteiger partial charge in [0.05, 0.1) is 10.6 Å². The highest BCUT2D eigenvalue weighted by Gasteiger charge is 2.32. The van der Waals surface area contributed by atoms with Gasteiger partial charge in [-0.2, -0.15) is 0 Å². The predicted octanol–water partition coefficient (Wildman–Crippen LogP) is 4.75. The summed E-state index contributed by atoms with van der Waals surface area (Å²) in [5.74, 6) is -0.799. The summed E-state index contributed by atoms with van der Waals surface area (Å²) in [5.41, 5.74) is 2.96. The molecule has 0 aromatic heterocycles. The fourth-order valence-corrected chi connectivity index (χ4v) is 5.58. The van der Waals surface area contributed by atoms with Gasteiger partial charge in [-0.15, -0.1) is 0 Å². The van der Waals surface area contributed by atoms with Crippen LogP contribution in [0.1, 0.15) is 30.5 Å². The van der Waals surface area contributed by atoms with Gasteiger partial charge in [0.15, 0.2) is 0 Å². The summed E-state index contributed by atoms with van der Waals surface area (Å²) in [6.07, 6.45) is 0.511. The predicted molar refractivity (Wildman–Crippen MR) is 152 cm³/mol. The number of nitrogens with one attached hydrogen (secondary N) is 1. The second-order valence-electron chi connectivity index (χ2n) is 9.15. The molecule has 3 rings (SSSR count). The number of anilines is 1. The molecule has 7 nitrogen and oxygen atoms in total. The van der Waals surface area contributed by atoms with Crippen LogP contribution in [0, 0.1) is 13.8 Å². The van der Waals surface area contributed by atoms with Gasteiger partial charge in [0, 0.05) is 18.1 Å². The number of rotatable bonds is 11. The Morgan fingerprint density at radius 1 is 0.974 bits per heavy atom. The third-order valence-corrected chi connectivity index (χ3v) is 8.53. The number of aryl methyl sites for hydroxylation is 2. The molecule has 1 N–H and O–H groups in total. The number of hydrogen-bond donors (Lipinski definition) is 1. The van der Waals surface area contributed by atoms with Crippen LogP contribution < -0.4 is 9.62 Å². The summed E-state index contributed by atoms with van der Waals surface area (Å²) in [4.78, 5) is 28.0. The molecular weight excluding hydrogens is 522 g/mol. The zero-order valence-electron chi connectivity index (χ0n) is 22.1. The van der Waals surface area contributed by atoms with Gasteiger partial charge in [-0.25, -0.2) is 8.42 Å². The summed E-state index contributed by atoms with van der Waals surface area (Å²) in [7, 11) is -4.13. The van der Waals surface area contributed by atoms with Crippen molar-refractivity contribution in [2.45, 2.75) is 45.1 Å². The molecule has 0 aliphatic heterocycles. The van der Waals surface area contributed by atoms with Crippen LogP contribution in [0.25, 0.3) is 0 Å². The van der Waals surface area contributed by atoms with E-state index in [2.05, 4.69) is 5.32 Å². The minimum Gasteiger partial charge on any atom is -0.355 e. The molecule has 9 heteroatoms. The van der Waals surface area contributed by atoms with Crippen LogP contribution in [-0.2, 0) is 26.0 Å². The molecule has 0 heterocycles. The highest BCUT2D eigenvalue weighted by Crippen LogP contribution is 2.28. The van der Waals surface area contributed by atoms with E-state index in [1.807, 2.05) is 44.2 Å². The van der Waals surface area contributed by atoms with E-state index in [-0.39, 0.29) is 23.0 Å². The monoisotopic (exact) mass is 555 g/mol. The zero-order valence-corrected chi connectivity index (χ0v) is 23.7. The third kappa shape index (κ3) is 7.14. The van der Waals surface area contributed by atoms with Crippen molar-refractivity contribution in [1.82, 2.24) is 10.2 Å². The summed E-state index contributed by atoms with van der Waals surface area (Å²) >= 11 is 6.35. The van der Waals surface area contributed by atoms with Crippen molar-refractivity contribution < 1.29 is 18.0 Å². The molecule has 1 atom stereocenters. The van der Waals surface area contributed by atoms with E-state index in [0.717, 1.165) is 21.0 Å². The average molecular weight is 556 g/mol. The van der Waals surface area contributed by atoms with Crippen LogP contribution in [0.15, 0.2) is 77.7 Å². The lowest BCUT2D eigenvalue weighted by atomic mass is 10.1. The molecule has 3 aromatic rings. The lowest BCUT2D eigenvalue weighted by Crippen LogP contribution is -2.52. The van der Waals surface area contributed by atoms with Crippen LogP contribution in [0.3, 0.4) is 0 Å². The number of halogens is 1. The summed E-state index contributed by atoms with van der Waals surface area (Å²) in [6, 6.07) is 20.1. The number of carbonyl (C=O) groups is 2. The van der Waals surface area contributed by atoms with Gasteiger partial charge in [0.1, 0.15) is 12.6 Å². The van der Waals surface area contributed by atoms with E-state index in [4.69, 9.17) is 11.6 Å². The van der Waals surface area contributed by atoms with Gasteiger partial charge >= 0.3 is 0 Å². The highest BCUT2D eigenvalue weighted by molar-refractivity contribution is 7.92. The lowest BCUT2D eigenvalue weighted by molar-refractivity contribution is -0.138. The lowest BCUT2D eigenvalue weighted by Gasteiger charge is -2.32. The molecule has 0 aliphatic carbocycles. The molecule has 0 unspecified atom stereocenters. The number of carbonyl (C=O) groups excluding carboxylic acids is 2. The number of sulfonamides is 1. The fraction of sp³-hybridized carbons (Fsp3) is 0.310. The first-order chi connectivity index (χ1) is 18.0. The quantitative estimate of drug-likeness (QED) is 0.370. The molecule has 3 aromatic carbocycles. The number of benzene rings is 3. The molecule has 202 valence electrons. The number of hydrogen-bond acceptors (Lipinski definition) is 4. The number of nitrogens with zero attached hydrogens (tertiary/aromatic N) is 2. The first-order valence-electron chi connectivity index (χ1n) is 12.5. The van der Waals surface area contributed by atoms with E-state index in [1.165, 1.54) is 23.1 Å². The largest absolute Gasteiger partial charge is 0.355 e. The first kappa shape index (κ1) is 29.2. The molecule has 0 saturated carbocycles. The van der Waals surface area contributed by atoms with Crippen molar-refractivity contribution in [2.75, 3.05) is 23.9 Å². The molecule has 0 saturated heterocycles. The first-order valence-corrected chi connectivity index (χ1v) is 14.3. The summed E-state index contributed by atoms with van der Waals surface area (Å²) in [6.45, 7) is 7.30. The smallest absolute Gasteiger partial charge is 0.264 e. The minimum atomic E-state index is -4.13. The molecule has 0 radical (unpaired) electrons. The Morgan fingerprint density at radius 2 is 1.63 bits per heavy atom. The Labute approximate surface area is 230 Å². The van der Waals surface area contributed by atoms with Crippen molar-refractivity contribution in [3.8, 4) is 0 Å². The fourth-order valence-electron chi connectivity index (χ4n) is 4.00. The second kappa shape index (κ2) is 12.9. The van der Waals surface area contributed by atoms with E-state index >= 15 is 0 Å². The molecule has 0 spiro atoms. The molecule has 0 aliphatic rings. The van der Waals surface area contributed by atoms with Crippen molar-refractivity contribution in [1.29, 1.82) is 0 Å². The second-order valence-corrected chi connectivity index (χ2v) is 11.4. The highest BCUT2D eigenvalue weighted by atomic mass is 35.5. The van der Waals surface area contributed by atoms with Crippen molar-refractivity contribution >= 4 is 39.1 Å². The summed E-state index contributed by atoms with van der Waals surface area (Å²) < 4.78 is 28.7. The van der Waals surface area contributed by atoms with E-state index < -0.39 is 28.5 Å².